The van der Waals surface area contributed by atoms with E-state index in [1.54, 1.807) is 18.2 Å². The van der Waals surface area contributed by atoms with Crippen molar-refractivity contribution in [3.63, 3.8) is 0 Å². The smallest absolute Gasteiger partial charge is 0.337 e. The Balaban J connectivity index is 2.83. The molecule has 1 rings (SSSR count). The number of hydrogen-bond donors (Lipinski definition) is 2. The van der Waals surface area contributed by atoms with Gasteiger partial charge in [0.1, 0.15) is 0 Å². The van der Waals surface area contributed by atoms with Gasteiger partial charge in [0.15, 0.2) is 0 Å². The van der Waals surface area contributed by atoms with Crippen molar-refractivity contribution in [2.24, 2.45) is 5.84 Å². The number of hydrogen-bond acceptors (Lipinski definition) is 4. The number of esters is 1. The Morgan fingerprint density at radius 1 is 1.60 bits per heavy atom. The lowest BCUT2D eigenvalue weighted by Crippen LogP contribution is -2.29. The normalized spacial score (nSPS) is 9.47. The van der Waals surface area contributed by atoms with E-state index >= 15 is 0 Å². The molecule has 0 heterocycles. The van der Waals surface area contributed by atoms with Crippen LogP contribution in [0.5, 0.6) is 0 Å². The van der Waals surface area contributed by atoms with Crippen molar-refractivity contribution in [3.8, 4) is 0 Å². The van der Waals surface area contributed by atoms with E-state index in [2.05, 4.69) is 10.2 Å². The summed E-state index contributed by atoms with van der Waals surface area (Å²) in [6.45, 7) is 0. The topological polar surface area (TPSA) is 64.3 Å². The van der Waals surface area contributed by atoms with Gasteiger partial charge in [0.25, 0.3) is 0 Å². The van der Waals surface area contributed by atoms with E-state index in [0.29, 0.717) is 17.0 Å². The maximum absolute atomic E-state index is 11.2. The third kappa shape index (κ3) is 3.30. The summed E-state index contributed by atoms with van der Waals surface area (Å²) in [6, 6.07) is 7.07. The number of carbonyl (C=O) groups excluding carboxylic acids is 1. The highest BCUT2D eigenvalue weighted by atomic mass is 32.1. The van der Waals surface area contributed by atoms with Gasteiger partial charge in [-0.1, -0.05) is 24.4 Å². The van der Waals surface area contributed by atoms with Crippen molar-refractivity contribution in [1.82, 2.24) is 5.43 Å². The van der Waals surface area contributed by atoms with Crippen LogP contribution in [-0.2, 0) is 11.2 Å². The first-order valence-corrected chi connectivity index (χ1v) is 4.75. The molecule has 80 valence electrons. The Kier molecular flexibility index (Phi) is 4.20. The zero-order chi connectivity index (χ0) is 11.3. The number of thiocarbonyl (C=S) groups is 1. The molecule has 0 atom stereocenters. The van der Waals surface area contributed by atoms with Gasteiger partial charge >= 0.3 is 5.97 Å². The van der Waals surface area contributed by atoms with E-state index in [1.807, 2.05) is 6.07 Å². The van der Waals surface area contributed by atoms with Gasteiger partial charge in [0, 0.05) is 6.42 Å². The Morgan fingerprint density at radius 2 is 2.33 bits per heavy atom. The van der Waals surface area contributed by atoms with Crippen LogP contribution < -0.4 is 11.3 Å². The lowest BCUT2D eigenvalue weighted by molar-refractivity contribution is 0.0600. The summed E-state index contributed by atoms with van der Waals surface area (Å²) in [5, 5.41) is 0. The molecule has 15 heavy (non-hydrogen) atoms. The van der Waals surface area contributed by atoms with Gasteiger partial charge in [-0.2, -0.15) is 0 Å². The molecule has 5 heteroatoms. The van der Waals surface area contributed by atoms with Crippen LogP contribution in [0.1, 0.15) is 15.9 Å². The molecule has 1 aromatic rings. The van der Waals surface area contributed by atoms with Crippen molar-refractivity contribution in [2.75, 3.05) is 7.11 Å². The van der Waals surface area contributed by atoms with Crippen molar-refractivity contribution >= 4 is 23.2 Å². The largest absolute Gasteiger partial charge is 0.465 e. The maximum atomic E-state index is 11.2. The highest BCUT2D eigenvalue weighted by Crippen LogP contribution is 2.07. The minimum atomic E-state index is -0.358. The highest BCUT2D eigenvalue weighted by molar-refractivity contribution is 7.80. The summed E-state index contributed by atoms with van der Waals surface area (Å²) in [5.41, 5.74) is 3.82. The average molecular weight is 224 g/mol. The van der Waals surface area contributed by atoms with Crippen molar-refractivity contribution in [2.45, 2.75) is 6.42 Å². The lowest BCUT2D eigenvalue weighted by Gasteiger charge is -2.04. The van der Waals surface area contributed by atoms with Gasteiger partial charge in [-0.3, -0.25) is 5.84 Å². The van der Waals surface area contributed by atoms with Gasteiger partial charge in [-0.15, -0.1) is 0 Å². The minimum absolute atomic E-state index is 0.358. The second-order valence-corrected chi connectivity index (χ2v) is 3.43. The van der Waals surface area contributed by atoms with E-state index in [9.17, 15) is 4.79 Å². The zero-order valence-electron chi connectivity index (χ0n) is 8.32. The molecule has 0 aliphatic rings. The predicted molar refractivity (Wildman–Crippen MR) is 61.4 cm³/mol. The van der Waals surface area contributed by atoms with E-state index in [1.165, 1.54) is 7.11 Å². The fourth-order valence-electron chi connectivity index (χ4n) is 1.16. The third-order valence-electron chi connectivity index (χ3n) is 1.87. The molecule has 0 bridgehead atoms. The Bertz CT molecular complexity index is 379. The SMILES string of the molecule is COC(=O)c1cccc(CC(=S)NN)c1. The third-order valence-corrected chi connectivity index (χ3v) is 2.14. The summed E-state index contributed by atoms with van der Waals surface area (Å²) in [4.78, 5) is 11.8. The first kappa shape index (κ1) is 11.6. The summed E-state index contributed by atoms with van der Waals surface area (Å²) in [7, 11) is 1.35. The number of rotatable bonds is 3. The molecule has 0 fully saturated rings. The second-order valence-electron chi connectivity index (χ2n) is 2.94. The molecule has 0 unspecified atom stereocenters. The molecular formula is C10H12N2O2S. The summed E-state index contributed by atoms with van der Waals surface area (Å²) in [5.74, 6) is 4.80. The van der Waals surface area contributed by atoms with E-state index < -0.39 is 0 Å². The first-order valence-electron chi connectivity index (χ1n) is 4.34. The molecule has 0 radical (unpaired) electrons. The number of carbonyl (C=O) groups is 1. The highest BCUT2D eigenvalue weighted by Gasteiger charge is 2.06. The zero-order valence-corrected chi connectivity index (χ0v) is 9.14. The molecule has 0 spiro atoms. The molecule has 1 aromatic carbocycles. The number of benzene rings is 1. The molecular weight excluding hydrogens is 212 g/mol. The standard InChI is InChI=1S/C10H12N2O2S/c1-14-10(13)8-4-2-3-7(5-8)6-9(15)12-11/h2-5H,6,11H2,1H3,(H,12,15). The molecule has 0 aliphatic carbocycles. The number of ether oxygens (including phenoxy) is 1. The maximum Gasteiger partial charge on any atom is 0.337 e. The van der Waals surface area contributed by atoms with Crippen LogP contribution in [0.2, 0.25) is 0 Å². The van der Waals surface area contributed by atoms with Crippen LogP contribution in [0.25, 0.3) is 0 Å². The summed E-state index contributed by atoms with van der Waals surface area (Å²) >= 11 is 4.92. The number of nitrogens with two attached hydrogens (primary N) is 1. The van der Waals surface area contributed by atoms with E-state index in [4.69, 9.17) is 18.1 Å². The van der Waals surface area contributed by atoms with Gasteiger partial charge in [-0.25, -0.2) is 4.79 Å². The number of hydrazine groups is 1. The Labute approximate surface area is 93.4 Å². The quantitative estimate of drug-likeness (QED) is 0.344. The van der Waals surface area contributed by atoms with Crippen LogP contribution in [0.4, 0.5) is 0 Å². The molecule has 0 saturated heterocycles. The second kappa shape index (κ2) is 5.43. The summed E-state index contributed by atoms with van der Waals surface area (Å²) in [6.07, 6.45) is 0.511. The Hall–Kier alpha value is -1.46. The predicted octanol–water partition coefficient (Wildman–Crippen LogP) is 0.806. The van der Waals surface area contributed by atoms with E-state index in [0.717, 1.165) is 5.56 Å². The first-order chi connectivity index (χ1) is 7.17. The van der Waals surface area contributed by atoms with Crippen molar-refractivity contribution in [3.05, 3.63) is 35.4 Å². The van der Waals surface area contributed by atoms with Crippen LogP contribution in [-0.4, -0.2) is 18.1 Å². The molecule has 3 N–H and O–H groups in total. The van der Waals surface area contributed by atoms with Gasteiger partial charge < -0.3 is 10.2 Å². The molecule has 4 nitrogen and oxygen atoms in total. The monoisotopic (exact) mass is 224 g/mol. The number of nitrogens with one attached hydrogen (secondary N) is 1. The molecule has 0 aliphatic heterocycles. The average Bonchev–Trinajstić information content (AvgIpc) is 2.28. The van der Waals surface area contributed by atoms with Gasteiger partial charge in [0.2, 0.25) is 0 Å². The summed E-state index contributed by atoms with van der Waals surface area (Å²) < 4.78 is 4.61. The van der Waals surface area contributed by atoms with Crippen LogP contribution >= 0.6 is 12.2 Å². The molecule has 0 amide bonds. The molecule has 0 saturated carbocycles. The fourth-order valence-corrected chi connectivity index (χ4v) is 1.33. The van der Waals surface area contributed by atoms with Gasteiger partial charge in [0.05, 0.1) is 17.7 Å². The van der Waals surface area contributed by atoms with Crippen LogP contribution in [0, 0.1) is 0 Å². The fraction of sp³-hybridized carbons (Fsp3) is 0.200. The Morgan fingerprint density at radius 3 is 2.93 bits per heavy atom. The van der Waals surface area contributed by atoms with Crippen LogP contribution in [0.15, 0.2) is 24.3 Å². The van der Waals surface area contributed by atoms with E-state index in [-0.39, 0.29) is 5.97 Å². The molecule has 0 aromatic heterocycles. The lowest BCUT2D eigenvalue weighted by atomic mass is 10.1. The van der Waals surface area contributed by atoms with Crippen LogP contribution in [0.3, 0.4) is 0 Å². The van der Waals surface area contributed by atoms with Crippen molar-refractivity contribution in [1.29, 1.82) is 0 Å². The number of methoxy groups -OCH3 is 1. The minimum Gasteiger partial charge on any atom is -0.465 e. The van der Waals surface area contributed by atoms with Crippen molar-refractivity contribution < 1.29 is 9.53 Å². The van der Waals surface area contributed by atoms with Gasteiger partial charge in [-0.05, 0) is 17.7 Å².